The second-order valence-corrected chi connectivity index (χ2v) is 4.94. The third kappa shape index (κ3) is 2.46. The number of benzene rings is 2. The molecule has 2 aromatic rings. The van der Waals surface area contributed by atoms with Crippen molar-refractivity contribution in [1.29, 1.82) is 0 Å². The summed E-state index contributed by atoms with van der Waals surface area (Å²) in [7, 11) is 0. The highest BCUT2D eigenvalue weighted by molar-refractivity contribution is 5.54. The molecule has 0 bridgehead atoms. The Kier molecular flexibility index (Phi) is 3.20. The van der Waals surface area contributed by atoms with Gasteiger partial charge in [-0.05, 0) is 43.0 Å². The first-order valence-corrected chi connectivity index (χ1v) is 6.51. The smallest absolute Gasteiger partial charge is 0.129 e. The van der Waals surface area contributed by atoms with Crippen molar-refractivity contribution in [3.05, 3.63) is 65.2 Å². The number of aryl methyl sites for hydroxylation is 1. The lowest BCUT2D eigenvalue weighted by Crippen LogP contribution is -2.28. The van der Waals surface area contributed by atoms with Gasteiger partial charge in [-0.25, -0.2) is 8.78 Å². The minimum absolute atomic E-state index is 0.0845. The zero-order valence-electron chi connectivity index (χ0n) is 10.5. The van der Waals surface area contributed by atoms with E-state index in [2.05, 4.69) is 11.4 Å². The van der Waals surface area contributed by atoms with Gasteiger partial charge >= 0.3 is 0 Å². The van der Waals surface area contributed by atoms with Crippen molar-refractivity contribution in [3.8, 4) is 0 Å². The average molecular weight is 259 g/mol. The molecule has 0 fully saturated rings. The summed E-state index contributed by atoms with van der Waals surface area (Å²) in [5.74, 6) is -0.915. The first kappa shape index (κ1) is 12.2. The van der Waals surface area contributed by atoms with Gasteiger partial charge in [-0.15, -0.1) is 0 Å². The molecular weight excluding hydrogens is 244 g/mol. The molecule has 0 aliphatic carbocycles. The monoisotopic (exact) mass is 259 g/mol. The summed E-state index contributed by atoms with van der Waals surface area (Å²) in [6, 6.07) is 12.2. The maximum atomic E-state index is 13.6. The molecule has 0 amide bonds. The maximum absolute atomic E-state index is 13.6. The third-order valence-electron chi connectivity index (χ3n) is 3.65. The summed E-state index contributed by atoms with van der Waals surface area (Å²) in [5, 5.41) is 3.37. The quantitative estimate of drug-likeness (QED) is 0.861. The van der Waals surface area contributed by atoms with Crippen LogP contribution in [0.2, 0.25) is 0 Å². The van der Waals surface area contributed by atoms with E-state index >= 15 is 0 Å². The third-order valence-corrected chi connectivity index (χ3v) is 3.65. The molecule has 0 saturated carbocycles. The molecule has 1 atom stereocenters. The van der Waals surface area contributed by atoms with Crippen molar-refractivity contribution < 1.29 is 8.78 Å². The predicted molar refractivity (Wildman–Crippen MR) is 72.2 cm³/mol. The van der Waals surface area contributed by atoms with Crippen molar-refractivity contribution in [2.75, 3.05) is 5.32 Å². The van der Waals surface area contributed by atoms with Crippen molar-refractivity contribution in [2.45, 2.75) is 25.3 Å². The van der Waals surface area contributed by atoms with E-state index in [4.69, 9.17) is 0 Å². The molecule has 3 heteroatoms. The molecule has 1 heterocycles. The number of nitrogens with one attached hydrogen (secondary N) is 1. The first-order chi connectivity index (χ1) is 9.24. The normalized spacial score (nSPS) is 17.7. The lowest BCUT2D eigenvalue weighted by atomic mass is 9.93. The summed E-state index contributed by atoms with van der Waals surface area (Å²) < 4.78 is 27.3. The van der Waals surface area contributed by atoms with E-state index < -0.39 is 11.6 Å². The summed E-state index contributed by atoms with van der Waals surface area (Å²) in [5.41, 5.74) is 2.53. The van der Waals surface area contributed by atoms with E-state index in [1.54, 1.807) is 0 Å². The number of para-hydroxylation sites is 1. The van der Waals surface area contributed by atoms with Crippen LogP contribution in [-0.4, -0.2) is 6.04 Å². The van der Waals surface area contributed by atoms with E-state index in [1.807, 2.05) is 18.2 Å². The average Bonchev–Trinajstić information content (AvgIpc) is 2.43. The fourth-order valence-corrected chi connectivity index (χ4v) is 2.63. The highest BCUT2D eigenvalue weighted by atomic mass is 19.1. The van der Waals surface area contributed by atoms with Crippen molar-refractivity contribution in [3.63, 3.8) is 0 Å². The van der Waals surface area contributed by atoms with Crippen molar-refractivity contribution in [1.82, 2.24) is 0 Å². The molecule has 0 saturated heterocycles. The number of fused-ring (bicyclic) bond motifs is 1. The Bertz CT molecular complexity index is 575. The zero-order valence-corrected chi connectivity index (χ0v) is 10.5. The zero-order chi connectivity index (χ0) is 13.2. The van der Waals surface area contributed by atoms with Crippen LogP contribution in [0.15, 0.2) is 42.5 Å². The van der Waals surface area contributed by atoms with Crippen LogP contribution in [0, 0.1) is 11.6 Å². The van der Waals surface area contributed by atoms with Gasteiger partial charge in [0, 0.05) is 17.3 Å². The maximum Gasteiger partial charge on any atom is 0.129 e. The molecule has 0 radical (unpaired) electrons. The van der Waals surface area contributed by atoms with Crippen LogP contribution in [0.1, 0.15) is 17.5 Å². The summed E-state index contributed by atoms with van der Waals surface area (Å²) in [4.78, 5) is 0. The molecule has 2 aromatic carbocycles. The largest absolute Gasteiger partial charge is 0.382 e. The van der Waals surface area contributed by atoms with Gasteiger partial charge in [0.15, 0.2) is 0 Å². The summed E-state index contributed by atoms with van der Waals surface area (Å²) in [6.45, 7) is 0. The molecule has 1 aliphatic heterocycles. The standard InChI is InChI=1S/C16H15F2N/c17-14-5-3-6-15(18)13(14)10-12-9-8-11-4-1-2-7-16(11)19-12/h1-7,12,19H,8-10H2. The number of anilines is 1. The Morgan fingerprint density at radius 2 is 1.74 bits per heavy atom. The fourth-order valence-electron chi connectivity index (χ4n) is 2.63. The van der Waals surface area contributed by atoms with E-state index in [9.17, 15) is 8.78 Å². The van der Waals surface area contributed by atoms with E-state index in [0.717, 1.165) is 18.5 Å². The number of halogens is 2. The second kappa shape index (κ2) is 5.00. The highest BCUT2D eigenvalue weighted by Crippen LogP contribution is 2.26. The van der Waals surface area contributed by atoms with Gasteiger partial charge in [0.1, 0.15) is 11.6 Å². The molecule has 1 aliphatic rings. The van der Waals surface area contributed by atoms with Gasteiger partial charge in [0.25, 0.3) is 0 Å². The highest BCUT2D eigenvalue weighted by Gasteiger charge is 2.20. The van der Waals surface area contributed by atoms with Crippen LogP contribution in [0.4, 0.5) is 14.5 Å². The van der Waals surface area contributed by atoms with Crippen LogP contribution in [0.25, 0.3) is 0 Å². The topological polar surface area (TPSA) is 12.0 Å². The van der Waals surface area contributed by atoms with E-state index in [-0.39, 0.29) is 11.6 Å². The molecule has 3 rings (SSSR count). The predicted octanol–water partition coefficient (Wildman–Crippen LogP) is 3.93. The van der Waals surface area contributed by atoms with Gasteiger partial charge < -0.3 is 5.32 Å². The SMILES string of the molecule is Fc1cccc(F)c1CC1CCc2ccccc2N1. The molecular formula is C16H15F2N. The lowest BCUT2D eigenvalue weighted by molar-refractivity contribution is 0.530. The van der Waals surface area contributed by atoms with Gasteiger partial charge in [0.2, 0.25) is 0 Å². The summed E-state index contributed by atoms with van der Waals surface area (Å²) in [6.07, 6.45) is 2.22. The molecule has 1 nitrogen and oxygen atoms in total. The Morgan fingerprint density at radius 1 is 1.00 bits per heavy atom. The van der Waals surface area contributed by atoms with Crippen LogP contribution in [0.5, 0.6) is 0 Å². The van der Waals surface area contributed by atoms with Crippen LogP contribution < -0.4 is 5.32 Å². The molecule has 1 N–H and O–H groups in total. The van der Waals surface area contributed by atoms with E-state index in [0.29, 0.717) is 6.42 Å². The Morgan fingerprint density at radius 3 is 2.53 bits per heavy atom. The summed E-state index contributed by atoms with van der Waals surface area (Å²) >= 11 is 0. The Balaban J connectivity index is 1.79. The lowest BCUT2D eigenvalue weighted by Gasteiger charge is -2.27. The number of hydrogen-bond donors (Lipinski definition) is 1. The van der Waals surface area contributed by atoms with Crippen molar-refractivity contribution in [2.24, 2.45) is 0 Å². The second-order valence-electron chi connectivity index (χ2n) is 4.94. The van der Waals surface area contributed by atoms with Crippen molar-refractivity contribution >= 4 is 5.69 Å². The fraction of sp³-hybridized carbons (Fsp3) is 0.250. The Hall–Kier alpha value is -1.90. The van der Waals surface area contributed by atoms with Gasteiger partial charge in [0.05, 0.1) is 0 Å². The molecule has 1 unspecified atom stereocenters. The first-order valence-electron chi connectivity index (χ1n) is 6.51. The van der Waals surface area contributed by atoms with Gasteiger partial charge in [-0.3, -0.25) is 0 Å². The van der Waals surface area contributed by atoms with Crippen LogP contribution in [0.3, 0.4) is 0 Å². The molecule has 0 aromatic heterocycles. The van der Waals surface area contributed by atoms with E-state index in [1.165, 1.54) is 23.8 Å². The Labute approximate surface area is 111 Å². The minimum atomic E-state index is -0.458. The molecule has 0 spiro atoms. The number of hydrogen-bond acceptors (Lipinski definition) is 1. The molecule has 98 valence electrons. The molecule has 19 heavy (non-hydrogen) atoms. The van der Waals surface area contributed by atoms with Crippen LogP contribution >= 0.6 is 0 Å². The minimum Gasteiger partial charge on any atom is -0.382 e. The van der Waals surface area contributed by atoms with Gasteiger partial charge in [-0.2, -0.15) is 0 Å². The number of rotatable bonds is 2. The van der Waals surface area contributed by atoms with Crippen LogP contribution in [-0.2, 0) is 12.8 Å². The van der Waals surface area contributed by atoms with Gasteiger partial charge in [-0.1, -0.05) is 24.3 Å².